The molecule has 0 unspecified atom stereocenters. The molecule has 0 aliphatic carbocycles. The first-order valence-electron chi connectivity index (χ1n) is 8.74. The molecule has 0 saturated heterocycles. The van der Waals surface area contributed by atoms with Crippen molar-refractivity contribution in [3.63, 3.8) is 0 Å². The van der Waals surface area contributed by atoms with E-state index in [-0.39, 0.29) is 6.61 Å². The third-order valence-corrected chi connectivity index (χ3v) is 4.01. The average Bonchev–Trinajstić information content (AvgIpc) is 3.08. The summed E-state index contributed by atoms with van der Waals surface area (Å²) < 4.78 is 0. The molecule has 0 radical (unpaired) electrons. The van der Waals surface area contributed by atoms with Crippen molar-refractivity contribution in [2.24, 2.45) is 0 Å². The van der Waals surface area contributed by atoms with Crippen LogP contribution < -0.4 is 0 Å². The summed E-state index contributed by atoms with van der Waals surface area (Å²) >= 11 is 0. The largest absolute Gasteiger partial charge is 0.392 e. The number of unbranched alkanes of at least 4 members (excludes halogenated alkanes) is 2. The van der Waals surface area contributed by atoms with Crippen LogP contribution in [0.25, 0.3) is 17.3 Å². The van der Waals surface area contributed by atoms with Gasteiger partial charge in [-0.1, -0.05) is 24.6 Å². The van der Waals surface area contributed by atoms with Crippen molar-refractivity contribution >= 4 is 11.8 Å². The van der Waals surface area contributed by atoms with Crippen LogP contribution in [0.2, 0.25) is 0 Å². The lowest BCUT2D eigenvalue weighted by molar-refractivity contribution is 0.282. The first-order valence-corrected chi connectivity index (χ1v) is 8.74. The average molecular weight is 340 g/mol. The van der Waals surface area contributed by atoms with Crippen molar-refractivity contribution in [1.82, 2.24) is 14.9 Å². The fraction of sp³-hybridized carbons (Fsp3) is 0.400. The van der Waals surface area contributed by atoms with Gasteiger partial charge in [0.1, 0.15) is 5.82 Å². The van der Waals surface area contributed by atoms with Gasteiger partial charge in [-0.3, -0.25) is 0 Å². The van der Waals surface area contributed by atoms with Crippen molar-refractivity contribution < 1.29 is 5.11 Å². The maximum Gasteiger partial charge on any atom is 0.130 e. The third-order valence-electron chi connectivity index (χ3n) is 4.01. The zero-order valence-corrected chi connectivity index (χ0v) is 15.1. The minimum atomic E-state index is 0.0282. The molecule has 5 heteroatoms. The number of rotatable bonds is 10. The number of aromatic nitrogens is 2. The number of nitrogens with zero attached hydrogens (tertiary/aromatic N) is 2. The lowest BCUT2D eigenvalue weighted by Gasteiger charge is -2.08. The highest BCUT2D eigenvalue weighted by Crippen LogP contribution is 2.19. The smallest absolute Gasteiger partial charge is 0.130 e. The highest BCUT2D eigenvalue weighted by Gasteiger charge is 2.03. The summed E-state index contributed by atoms with van der Waals surface area (Å²) in [6, 6.07) is 7.73. The van der Waals surface area contributed by atoms with E-state index in [1.165, 1.54) is 6.42 Å². The fourth-order valence-corrected chi connectivity index (χ4v) is 2.59. The van der Waals surface area contributed by atoms with E-state index in [0.29, 0.717) is 5.71 Å². The maximum atomic E-state index is 9.23. The Morgan fingerprint density at radius 2 is 2.12 bits per heavy atom. The predicted octanol–water partition coefficient (Wildman–Crippen LogP) is 3.72. The van der Waals surface area contributed by atoms with Gasteiger partial charge in [0.25, 0.3) is 0 Å². The van der Waals surface area contributed by atoms with Gasteiger partial charge < -0.3 is 20.4 Å². The topological polar surface area (TPSA) is 76.0 Å². The Hall–Kier alpha value is -2.24. The van der Waals surface area contributed by atoms with Gasteiger partial charge >= 0.3 is 0 Å². The van der Waals surface area contributed by atoms with Crippen LogP contribution in [0.1, 0.15) is 37.1 Å². The summed E-state index contributed by atoms with van der Waals surface area (Å²) in [5.74, 6) is 0.738. The van der Waals surface area contributed by atoms with Crippen molar-refractivity contribution in [2.75, 3.05) is 20.6 Å². The lowest BCUT2D eigenvalue weighted by atomic mass is 10.1. The summed E-state index contributed by atoms with van der Waals surface area (Å²) in [7, 11) is 4.17. The third kappa shape index (κ3) is 6.64. The zero-order chi connectivity index (χ0) is 18.1. The number of nitrogens with one attached hydrogen (secondary N) is 2. The Morgan fingerprint density at radius 3 is 2.88 bits per heavy atom. The van der Waals surface area contributed by atoms with Crippen LogP contribution in [0.5, 0.6) is 0 Å². The van der Waals surface area contributed by atoms with Crippen molar-refractivity contribution in [3.8, 4) is 11.3 Å². The van der Waals surface area contributed by atoms with E-state index < -0.39 is 0 Å². The van der Waals surface area contributed by atoms with E-state index in [1.54, 1.807) is 6.20 Å². The molecule has 5 nitrogen and oxygen atoms in total. The quantitative estimate of drug-likeness (QED) is 0.456. The van der Waals surface area contributed by atoms with E-state index in [4.69, 9.17) is 5.41 Å². The number of benzene rings is 1. The molecular weight excluding hydrogens is 312 g/mol. The summed E-state index contributed by atoms with van der Waals surface area (Å²) in [6.45, 7) is 1.14. The second kappa shape index (κ2) is 9.91. The number of imidazole rings is 1. The van der Waals surface area contributed by atoms with Gasteiger partial charge in [0, 0.05) is 5.71 Å². The number of aromatic amines is 1. The molecule has 134 valence electrons. The first-order chi connectivity index (χ1) is 12.1. The second-order valence-electron chi connectivity index (χ2n) is 6.51. The van der Waals surface area contributed by atoms with Crippen molar-refractivity contribution in [3.05, 3.63) is 47.9 Å². The molecule has 2 aromatic rings. The van der Waals surface area contributed by atoms with E-state index in [1.807, 2.05) is 36.4 Å². The van der Waals surface area contributed by atoms with Crippen molar-refractivity contribution in [1.29, 1.82) is 5.41 Å². The first kappa shape index (κ1) is 19.1. The molecule has 2 rings (SSSR count). The molecular formula is C20H28N4O. The van der Waals surface area contributed by atoms with Gasteiger partial charge in [0.2, 0.25) is 0 Å². The number of aliphatic hydroxyl groups excluding tert-OH is 1. The summed E-state index contributed by atoms with van der Waals surface area (Å²) in [4.78, 5) is 9.78. The van der Waals surface area contributed by atoms with E-state index in [0.717, 1.165) is 48.5 Å². The Bertz CT molecular complexity index is 703. The Balaban J connectivity index is 1.83. The molecule has 1 heterocycles. The summed E-state index contributed by atoms with van der Waals surface area (Å²) in [5.41, 5.74) is 3.41. The van der Waals surface area contributed by atoms with Gasteiger partial charge in [-0.2, -0.15) is 0 Å². The number of hydrogen-bond acceptors (Lipinski definition) is 4. The lowest BCUT2D eigenvalue weighted by Crippen LogP contribution is -2.12. The molecule has 0 fully saturated rings. The molecule has 25 heavy (non-hydrogen) atoms. The fourth-order valence-electron chi connectivity index (χ4n) is 2.59. The standard InChI is InChI=1S/C20H28N4O/c1-24(2)12-5-3-4-9-18(21)10-11-20-22-14-19(23-20)17-8-6-7-16(13-17)15-25/h6-8,10-11,13-14,21,25H,3-5,9,12,15H2,1-2H3,(H,22,23)/b11-10-,21-18?. The number of H-pyrrole nitrogens is 1. The molecule has 0 saturated carbocycles. The normalized spacial score (nSPS) is 11.5. The Kier molecular flexibility index (Phi) is 7.57. The second-order valence-corrected chi connectivity index (χ2v) is 6.51. The molecule has 0 amide bonds. The van der Waals surface area contributed by atoms with Crippen LogP contribution in [0.4, 0.5) is 0 Å². The highest BCUT2D eigenvalue weighted by molar-refractivity contribution is 5.95. The Morgan fingerprint density at radius 1 is 1.28 bits per heavy atom. The van der Waals surface area contributed by atoms with E-state index >= 15 is 0 Å². The molecule has 0 aliphatic rings. The van der Waals surface area contributed by atoms with Crippen molar-refractivity contribution in [2.45, 2.75) is 32.3 Å². The zero-order valence-electron chi connectivity index (χ0n) is 15.1. The van der Waals surface area contributed by atoms with Crippen LogP contribution >= 0.6 is 0 Å². The molecule has 1 aromatic carbocycles. The Labute approximate surface area is 149 Å². The molecule has 0 spiro atoms. The highest BCUT2D eigenvalue weighted by atomic mass is 16.3. The van der Waals surface area contributed by atoms with Gasteiger partial charge in [0.15, 0.2) is 0 Å². The van der Waals surface area contributed by atoms with E-state index in [9.17, 15) is 5.11 Å². The van der Waals surface area contributed by atoms with Gasteiger partial charge in [-0.25, -0.2) is 4.98 Å². The molecule has 0 atom stereocenters. The van der Waals surface area contributed by atoms with Crippen LogP contribution in [0, 0.1) is 5.41 Å². The minimum Gasteiger partial charge on any atom is -0.392 e. The van der Waals surface area contributed by atoms with Gasteiger partial charge in [0.05, 0.1) is 18.5 Å². The monoisotopic (exact) mass is 340 g/mol. The number of aliphatic hydroxyl groups is 1. The van der Waals surface area contributed by atoms with Crippen LogP contribution in [-0.2, 0) is 6.61 Å². The predicted molar refractivity (Wildman–Crippen MR) is 104 cm³/mol. The molecule has 0 bridgehead atoms. The number of allylic oxidation sites excluding steroid dienone is 1. The number of hydrogen-bond donors (Lipinski definition) is 3. The minimum absolute atomic E-state index is 0.0282. The summed E-state index contributed by atoms with van der Waals surface area (Å²) in [6.07, 6.45) is 9.63. The molecule has 3 N–H and O–H groups in total. The molecule has 0 aliphatic heterocycles. The molecule has 1 aromatic heterocycles. The van der Waals surface area contributed by atoms with Gasteiger partial charge in [-0.15, -0.1) is 0 Å². The van der Waals surface area contributed by atoms with Crippen LogP contribution in [-0.4, -0.2) is 46.3 Å². The SMILES string of the molecule is CN(C)CCCCCC(=N)/C=C\c1ncc(-c2cccc(CO)c2)[nH]1. The van der Waals surface area contributed by atoms with E-state index in [2.05, 4.69) is 29.0 Å². The van der Waals surface area contributed by atoms with Crippen LogP contribution in [0.15, 0.2) is 36.5 Å². The summed E-state index contributed by atoms with van der Waals surface area (Å²) in [5, 5.41) is 17.2. The van der Waals surface area contributed by atoms with Crippen LogP contribution in [0.3, 0.4) is 0 Å². The maximum absolute atomic E-state index is 9.23. The van der Waals surface area contributed by atoms with Gasteiger partial charge in [-0.05, 0) is 69.2 Å².